The molecule has 0 bridgehead atoms. The lowest BCUT2D eigenvalue weighted by molar-refractivity contribution is -0.140. The van der Waals surface area contributed by atoms with E-state index < -0.39 is 17.6 Å². The van der Waals surface area contributed by atoms with E-state index in [9.17, 15) is 22.4 Å². The minimum atomic E-state index is -4.71. The first kappa shape index (κ1) is 22.3. The fourth-order valence-corrected chi connectivity index (χ4v) is 4.99. The highest BCUT2D eigenvalue weighted by Gasteiger charge is 2.35. The summed E-state index contributed by atoms with van der Waals surface area (Å²) in [7, 11) is 0. The molecular formula is C22H30F4N4O. The highest BCUT2D eigenvalue weighted by molar-refractivity contribution is 5.78. The zero-order valence-corrected chi connectivity index (χ0v) is 17.7. The number of hydrogen-bond acceptors (Lipinski definition) is 4. The second kappa shape index (κ2) is 9.32. The van der Waals surface area contributed by atoms with Gasteiger partial charge in [-0.1, -0.05) is 12.8 Å². The van der Waals surface area contributed by atoms with Gasteiger partial charge < -0.3 is 9.80 Å². The van der Waals surface area contributed by atoms with Gasteiger partial charge in [0.05, 0.1) is 12.1 Å². The van der Waals surface area contributed by atoms with Crippen molar-refractivity contribution in [2.24, 2.45) is 0 Å². The van der Waals surface area contributed by atoms with E-state index >= 15 is 0 Å². The van der Waals surface area contributed by atoms with E-state index in [-0.39, 0.29) is 5.91 Å². The van der Waals surface area contributed by atoms with Crippen LogP contribution in [0.3, 0.4) is 0 Å². The van der Waals surface area contributed by atoms with Gasteiger partial charge in [0.15, 0.2) is 0 Å². The van der Waals surface area contributed by atoms with Crippen molar-refractivity contribution in [3.8, 4) is 0 Å². The zero-order chi connectivity index (χ0) is 22.0. The maximum atomic E-state index is 13.5. The van der Waals surface area contributed by atoms with Crippen LogP contribution in [-0.2, 0) is 11.0 Å². The van der Waals surface area contributed by atoms with Crippen molar-refractivity contribution in [3.63, 3.8) is 0 Å². The Morgan fingerprint density at radius 2 is 1.58 bits per heavy atom. The number of benzene rings is 1. The molecule has 9 heteroatoms. The Balaban J connectivity index is 1.25. The first-order chi connectivity index (χ1) is 14.8. The molecule has 2 aliphatic heterocycles. The summed E-state index contributed by atoms with van der Waals surface area (Å²) >= 11 is 0. The molecule has 1 aromatic carbocycles. The van der Waals surface area contributed by atoms with Crippen LogP contribution in [0.5, 0.6) is 0 Å². The summed E-state index contributed by atoms with van der Waals surface area (Å²) in [4.78, 5) is 21.1. The first-order valence-electron chi connectivity index (χ1n) is 11.2. The van der Waals surface area contributed by atoms with Crippen molar-refractivity contribution in [2.75, 3.05) is 63.8 Å². The Hall–Kier alpha value is -1.87. The predicted octanol–water partition coefficient (Wildman–Crippen LogP) is 3.05. The Morgan fingerprint density at radius 3 is 2.19 bits per heavy atom. The van der Waals surface area contributed by atoms with E-state index in [4.69, 9.17) is 0 Å². The second-order valence-electron chi connectivity index (χ2n) is 8.78. The maximum absolute atomic E-state index is 13.5. The van der Waals surface area contributed by atoms with E-state index in [1.54, 1.807) is 0 Å². The topological polar surface area (TPSA) is 30.0 Å². The van der Waals surface area contributed by atoms with Gasteiger partial charge in [0, 0.05) is 64.1 Å². The van der Waals surface area contributed by atoms with Gasteiger partial charge in [0.25, 0.3) is 0 Å². The number of anilines is 1. The molecule has 3 aliphatic rings. The summed E-state index contributed by atoms with van der Waals surface area (Å²) in [6.07, 6.45) is 0.458. The minimum Gasteiger partial charge on any atom is -0.369 e. The van der Waals surface area contributed by atoms with Crippen LogP contribution in [0.1, 0.15) is 31.2 Å². The van der Waals surface area contributed by atoms with Gasteiger partial charge in [-0.3, -0.25) is 14.6 Å². The van der Waals surface area contributed by atoms with Crippen LogP contribution in [0.2, 0.25) is 0 Å². The number of hydrogen-bond donors (Lipinski definition) is 0. The molecule has 4 rings (SSSR count). The number of halogens is 4. The summed E-state index contributed by atoms with van der Waals surface area (Å²) in [6, 6.07) is 3.82. The number of rotatable bonds is 4. The predicted molar refractivity (Wildman–Crippen MR) is 110 cm³/mol. The Bertz CT molecular complexity index is 765. The molecule has 0 spiro atoms. The van der Waals surface area contributed by atoms with E-state index in [1.807, 2.05) is 9.80 Å². The van der Waals surface area contributed by atoms with Crippen LogP contribution in [0, 0.1) is 5.82 Å². The van der Waals surface area contributed by atoms with Crippen LogP contribution < -0.4 is 4.90 Å². The molecule has 0 unspecified atom stereocenters. The average Bonchev–Trinajstić information content (AvgIpc) is 3.29. The van der Waals surface area contributed by atoms with Crippen molar-refractivity contribution in [1.82, 2.24) is 14.7 Å². The van der Waals surface area contributed by atoms with Crippen molar-refractivity contribution in [1.29, 1.82) is 0 Å². The maximum Gasteiger partial charge on any atom is 0.419 e. The number of piperazine rings is 2. The van der Waals surface area contributed by atoms with Crippen LogP contribution >= 0.6 is 0 Å². The van der Waals surface area contributed by atoms with Gasteiger partial charge in [-0.05, 0) is 31.0 Å². The molecule has 31 heavy (non-hydrogen) atoms. The minimum absolute atomic E-state index is 0.126. The van der Waals surface area contributed by atoms with Crippen LogP contribution in [-0.4, -0.2) is 85.6 Å². The summed E-state index contributed by atoms with van der Waals surface area (Å²) in [6.45, 7) is 5.95. The normalized spacial score (nSPS) is 22.3. The molecule has 2 saturated heterocycles. The quantitative estimate of drug-likeness (QED) is 0.671. The van der Waals surface area contributed by atoms with Crippen LogP contribution in [0.4, 0.5) is 23.2 Å². The summed E-state index contributed by atoms with van der Waals surface area (Å²) < 4.78 is 52.5. The number of carbonyl (C=O) groups excluding carboxylic acids is 1. The summed E-state index contributed by atoms with van der Waals surface area (Å²) in [5.41, 5.74) is -0.873. The highest BCUT2D eigenvalue weighted by atomic mass is 19.4. The summed E-state index contributed by atoms with van der Waals surface area (Å²) in [5, 5.41) is 0. The third-order valence-corrected chi connectivity index (χ3v) is 6.86. The molecule has 172 valence electrons. The molecule has 0 aromatic heterocycles. The van der Waals surface area contributed by atoms with Gasteiger partial charge in [-0.15, -0.1) is 0 Å². The molecule has 1 amide bonds. The molecule has 1 saturated carbocycles. The van der Waals surface area contributed by atoms with Crippen LogP contribution in [0.15, 0.2) is 18.2 Å². The fourth-order valence-electron chi connectivity index (χ4n) is 4.99. The van der Waals surface area contributed by atoms with E-state index in [0.717, 1.165) is 38.3 Å². The molecule has 2 heterocycles. The van der Waals surface area contributed by atoms with E-state index in [2.05, 4.69) is 9.80 Å². The van der Waals surface area contributed by atoms with Gasteiger partial charge in [-0.25, -0.2) is 4.39 Å². The van der Waals surface area contributed by atoms with Crippen molar-refractivity contribution in [2.45, 2.75) is 37.9 Å². The van der Waals surface area contributed by atoms with E-state index in [0.29, 0.717) is 44.5 Å². The molecule has 0 atom stereocenters. The van der Waals surface area contributed by atoms with E-state index in [1.165, 1.54) is 31.7 Å². The lowest BCUT2D eigenvalue weighted by Gasteiger charge is -2.40. The Morgan fingerprint density at radius 1 is 0.935 bits per heavy atom. The van der Waals surface area contributed by atoms with Crippen molar-refractivity contribution >= 4 is 11.6 Å². The van der Waals surface area contributed by atoms with Gasteiger partial charge in [0.1, 0.15) is 5.82 Å². The molecule has 5 nitrogen and oxygen atoms in total. The lowest BCUT2D eigenvalue weighted by atomic mass is 10.1. The standard InChI is InChI=1S/C22H30F4N4O/c23-20-6-5-18(15-19(20)22(24,25)26)29-9-7-27(8-10-29)16-21(31)30-13-11-28(12-14-30)17-3-1-2-4-17/h5-6,15,17H,1-4,7-14,16H2. The first-order valence-corrected chi connectivity index (χ1v) is 11.2. The van der Waals surface area contributed by atoms with Crippen molar-refractivity contribution in [3.05, 3.63) is 29.6 Å². The number of nitrogens with zero attached hydrogens (tertiary/aromatic N) is 4. The van der Waals surface area contributed by atoms with Crippen LogP contribution in [0.25, 0.3) is 0 Å². The molecule has 0 N–H and O–H groups in total. The Kier molecular flexibility index (Phi) is 6.71. The number of alkyl halides is 3. The van der Waals surface area contributed by atoms with Gasteiger partial charge >= 0.3 is 6.18 Å². The number of amides is 1. The highest BCUT2D eigenvalue weighted by Crippen LogP contribution is 2.34. The zero-order valence-electron chi connectivity index (χ0n) is 17.7. The third kappa shape index (κ3) is 5.31. The molecule has 1 aliphatic carbocycles. The monoisotopic (exact) mass is 442 g/mol. The number of carbonyl (C=O) groups is 1. The Labute approximate surface area is 180 Å². The summed E-state index contributed by atoms with van der Waals surface area (Å²) in [5.74, 6) is -1.13. The largest absolute Gasteiger partial charge is 0.419 e. The molecule has 0 radical (unpaired) electrons. The smallest absolute Gasteiger partial charge is 0.369 e. The van der Waals surface area contributed by atoms with Gasteiger partial charge in [-0.2, -0.15) is 13.2 Å². The molecule has 3 fully saturated rings. The average molecular weight is 443 g/mol. The fraction of sp³-hybridized carbons (Fsp3) is 0.682. The van der Waals surface area contributed by atoms with Crippen molar-refractivity contribution < 1.29 is 22.4 Å². The van der Waals surface area contributed by atoms with Gasteiger partial charge in [0.2, 0.25) is 5.91 Å². The SMILES string of the molecule is O=C(CN1CCN(c2ccc(F)c(C(F)(F)F)c2)CC1)N1CCN(C2CCCC2)CC1. The second-order valence-corrected chi connectivity index (χ2v) is 8.78. The lowest BCUT2D eigenvalue weighted by Crippen LogP contribution is -2.55. The third-order valence-electron chi connectivity index (χ3n) is 6.86. The molecule has 1 aromatic rings. The molecular weight excluding hydrogens is 412 g/mol.